The molecule has 0 bridgehead atoms. The molecule has 1 aliphatic carbocycles. The summed E-state index contributed by atoms with van der Waals surface area (Å²) in [6.45, 7) is 11.0. The maximum Gasteiger partial charge on any atom is 0.00978 e. The van der Waals surface area contributed by atoms with Gasteiger partial charge in [0.2, 0.25) is 0 Å². The summed E-state index contributed by atoms with van der Waals surface area (Å²) in [4.78, 5) is 2.57. The number of hydrogen-bond donors (Lipinski definition) is 1. The number of piperidine rings is 1. The van der Waals surface area contributed by atoms with Crippen molar-refractivity contribution in [1.82, 2.24) is 10.2 Å². The zero-order chi connectivity index (χ0) is 12.3. The summed E-state index contributed by atoms with van der Waals surface area (Å²) in [5, 5.41) is 3.96. The van der Waals surface area contributed by atoms with E-state index in [9.17, 15) is 0 Å². The fraction of sp³-hybridized carbons (Fsp3) is 1.00. The normalized spacial score (nSPS) is 37.2. The number of nitrogens with one attached hydrogen (secondary N) is 1. The van der Waals surface area contributed by atoms with Crippen LogP contribution in [-0.2, 0) is 0 Å². The van der Waals surface area contributed by atoms with Crippen molar-refractivity contribution in [2.75, 3.05) is 19.6 Å². The van der Waals surface area contributed by atoms with Crippen LogP contribution in [0, 0.1) is 11.8 Å². The van der Waals surface area contributed by atoms with E-state index in [0.717, 1.165) is 23.9 Å². The summed E-state index contributed by atoms with van der Waals surface area (Å²) in [6, 6.07) is 1.58. The molecule has 1 N–H and O–H groups in total. The molecule has 2 aliphatic rings. The van der Waals surface area contributed by atoms with Crippen molar-refractivity contribution in [1.29, 1.82) is 0 Å². The van der Waals surface area contributed by atoms with Crippen molar-refractivity contribution < 1.29 is 0 Å². The molecular formula is C15H30N2. The maximum absolute atomic E-state index is 3.96. The van der Waals surface area contributed by atoms with Crippen molar-refractivity contribution in [3.05, 3.63) is 0 Å². The molecule has 1 saturated carbocycles. The molecule has 1 heterocycles. The third kappa shape index (κ3) is 3.45. The second-order valence-corrected chi connectivity index (χ2v) is 6.25. The fourth-order valence-corrected chi connectivity index (χ4v) is 3.54. The van der Waals surface area contributed by atoms with Gasteiger partial charge in [-0.3, -0.25) is 0 Å². The first-order valence-corrected chi connectivity index (χ1v) is 7.69. The molecule has 0 amide bonds. The second kappa shape index (κ2) is 6.19. The first-order valence-electron chi connectivity index (χ1n) is 7.69. The van der Waals surface area contributed by atoms with E-state index < -0.39 is 0 Å². The minimum Gasteiger partial charge on any atom is -0.311 e. The largest absolute Gasteiger partial charge is 0.311 e. The van der Waals surface area contributed by atoms with E-state index in [1.165, 1.54) is 51.7 Å². The van der Waals surface area contributed by atoms with Gasteiger partial charge in [0, 0.05) is 12.1 Å². The molecule has 2 heteroatoms. The van der Waals surface area contributed by atoms with Gasteiger partial charge in [-0.05, 0) is 50.7 Å². The minimum absolute atomic E-state index is 0.788. The number of likely N-dealkylation sites (tertiary alicyclic amines) is 1. The Balaban J connectivity index is 1.77. The van der Waals surface area contributed by atoms with Crippen LogP contribution < -0.4 is 5.32 Å². The van der Waals surface area contributed by atoms with Crippen LogP contribution in [0.15, 0.2) is 0 Å². The zero-order valence-corrected chi connectivity index (χ0v) is 11.9. The Kier molecular flexibility index (Phi) is 4.87. The maximum atomic E-state index is 3.96. The number of rotatable bonds is 3. The van der Waals surface area contributed by atoms with Gasteiger partial charge in [-0.15, -0.1) is 0 Å². The van der Waals surface area contributed by atoms with E-state index >= 15 is 0 Å². The van der Waals surface area contributed by atoms with E-state index in [4.69, 9.17) is 0 Å². The molecule has 2 rings (SSSR count). The highest BCUT2D eigenvalue weighted by Gasteiger charge is 2.29. The first-order chi connectivity index (χ1) is 8.20. The lowest BCUT2D eigenvalue weighted by Gasteiger charge is -2.39. The van der Waals surface area contributed by atoms with Crippen LogP contribution in [0.1, 0.15) is 52.9 Å². The summed E-state index contributed by atoms with van der Waals surface area (Å²) in [5.74, 6) is 1.78. The van der Waals surface area contributed by atoms with Crippen LogP contribution in [0.2, 0.25) is 0 Å². The fourth-order valence-electron chi connectivity index (χ4n) is 3.54. The quantitative estimate of drug-likeness (QED) is 0.813. The van der Waals surface area contributed by atoms with Crippen LogP contribution in [0.3, 0.4) is 0 Å². The summed E-state index contributed by atoms with van der Waals surface area (Å²) in [7, 11) is 0. The van der Waals surface area contributed by atoms with E-state index in [1.54, 1.807) is 0 Å². The smallest absolute Gasteiger partial charge is 0.00978 e. The van der Waals surface area contributed by atoms with Gasteiger partial charge in [0.25, 0.3) is 0 Å². The Morgan fingerprint density at radius 2 is 1.76 bits per heavy atom. The van der Waals surface area contributed by atoms with Gasteiger partial charge in [-0.25, -0.2) is 0 Å². The van der Waals surface area contributed by atoms with Crippen LogP contribution in [0.5, 0.6) is 0 Å². The summed E-state index contributed by atoms with van der Waals surface area (Å²) in [5.41, 5.74) is 0. The molecule has 0 aromatic rings. The summed E-state index contributed by atoms with van der Waals surface area (Å²) < 4.78 is 0. The molecule has 1 aliphatic heterocycles. The first kappa shape index (κ1) is 13.4. The van der Waals surface area contributed by atoms with Crippen LogP contribution in [0.4, 0.5) is 0 Å². The highest BCUT2D eigenvalue weighted by atomic mass is 15.1. The average Bonchev–Trinajstić information content (AvgIpc) is 2.36. The molecule has 0 spiro atoms. The molecule has 3 atom stereocenters. The molecule has 0 aromatic carbocycles. The van der Waals surface area contributed by atoms with Gasteiger partial charge < -0.3 is 10.2 Å². The van der Waals surface area contributed by atoms with Crippen LogP contribution in [0.25, 0.3) is 0 Å². The molecule has 17 heavy (non-hydrogen) atoms. The van der Waals surface area contributed by atoms with Gasteiger partial charge in [0.15, 0.2) is 0 Å². The standard InChI is InChI=1S/C15H30N2/c1-4-17-10-8-14(9-11-17)16-15-7-5-6-12(2)13(15)3/h12-16H,4-11H2,1-3H3/t12-,13+,15+/m0/s1. The predicted molar refractivity (Wildman–Crippen MR) is 74.2 cm³/mol. The van der Waals surface area contributed by atoms with E-state index in [2.05, 4.69) is 31.0 Å². The lowest BCUT2D eigenvalue weighted by Crippen LogP contribution is -2.50. The monoisotopic (exact) mass is 238 g/mol. The Labute approximate surface area is 107 Å². The summed E-state index contributed by atoms with van der Waals surface area (Å²) >= 11 is 0. The van der Waals surface area contributed by atoms with E-state index in [-0.39, 0.29) is 0 Å². The van der Waals surface area contributed by atoms with Crippen molar-refractivity contribution >= 4 is 0 Å². The topological polar surface area (TPSA) is 15.3 Å². The molecular weight excluding hydrogens is 208 g/mol. The highest BCUT2D eigenvalue weighted by Crippen LogP contribution is 2.30. The van der Waals surface area contributed by atoms with Gasteiger partial charge in [-0.1, -0.05) is 33.6 Å². The van der Waals surface area contributed by atoms with Gasteiger partial charge in [0.05, 0.1) is 0 Å². The van der Waals surface area contributed by atoms with Gasteiger partial charge >= 0.3 is 0 Å². The van der Waals surface area contributed by atoms with Crippen molar-refractivity contribution in [3.63, 3.8) is 0 Å². The molecule has 100 valence electrons. The van der Waals surface area contributed by atoms with E-state index in [1.807, 2.05) is 0 Å². The molecule has 2 nitrogen and oxygen atoms in total. The number of hydrogen-bond acceptors (Lipinski definition) is 2. The predicted octanol–water partition coefficient (Wildman–Crippen LogP) is 2.89. The molecule has 2 fully saturated rings. The lowest BCUT2D eigenvalue weighted by molar-refractivity contribution is 0.154. The zero-order valence-electron chi connectivity index (χ0n) is 11.9. The minimum atomic E-state index is 0.788. The van der Waals surface area contributed by atoms with Crippen LogP contribution in [-0.4, -0.2) is 36.6 Å². The lowest BCUT2D eigenvalue weighted by atomic mass is 9.77. The average molecular weight is 238 g/mol. The Hall–Kier alpha value is -0.0800. The van der Waals surface area contributed by atoms with Crippen molar-refractivity contribution in [2.24, 2.45) is 11.8 Å². The number of nitrogens with zero attached hydrogens (tertiary/aromatic N) is 1. The van der Waals surface area contributed by atoms with Gasteiger partial charge in [0.1, 0.15) is 0 Å². The second-order valence-electron chi connectivity index (χ2n) is 6.25. The molecule has 0 radical (unpaired) electrons. The summed E-state index contributed by atoms with van der Waals surface area (Å²) in [6.07, 6.45) is 6.97. The van der Waals surface area contributed by atoms with Crippen molar-refractivity contribution in [3.8, 4) is 0 Å². The van der Waals surface area contributed by atoms with E-state index in [0.29, 0.717) is 0 Å². The Bertz CT molecular complexity index is 221. The molecule has 0 aromatic heterocycles. The van der Waals surface area contributed by atoms with Gasteiger partial charge in [-0.2, -0.15) is 0 Å². The third-order valence-corrected chi connectivity index (χ3v) is 5.19. The highest BCUT2D eigenvalue weighted by molar-refractivity contribution is 4.86. The Morgan fingerprint density at radius 3 is 2.41 bits per heavy atom. The van der Waals surface area contributed by atoms with Crippen molar-refractivity contribution in [2.45, 2.75) is 65.0 Å². The Morgan fingerprint density at radius 1 is 1.06 bits per heavy atom. The third-order valence-electron chi connectivity index (χ3n) is 5.19. The van der Waals surface area contributed by atoms with Crippen LogP contribution >= 0.6 is 0 Å². The molecule has 1 saturated heterocycles. The SMILES string of the molecule is CCN1CCC(N[C@@H]2CCC[C@H](C)[C@H]2C)CC1. The molecule has 0 unspecified atom stereocenters.